The predicted octanol–water partition coefficient (Wildman–Crippen LogP) is 4.37. The molecule has 2 bridgehead atoms. The fourth-order valence-electron chi connectivity index (χ4n) is 5.90. The van der Waals surface area contributed by atoms with Crippen LogP contribution in [0.4, 0.5) is 0 Å². The van der Waals surface area contributed by atoms with Gasteiger partial charge >= 0.3 is 0 Å². The SMILES string of the molecule is C=C(C)C1CC=C(C2OC34CCC(C)CC3C(C#N)(C(=N)O4)C2(C#N)C#N)CC1. The van der Waals surface area contributed by atoms with Crippen LogP contribution in [0.1, 0.15) is 52.4 Å². The fraction of sp³-hybridized carbons (Fsp3) is 0.652. The van der Waals surface area contributed by atoms with Crippen molar-refractivity contribution in [1.82, 2.24) is 0 Å². The zero-order chi connectivity index (χ0) is 21.0. The Morgan fingerprint density at radius 1 is 1.24 bits per heavy atom. The summed E-state index contributed by atoms with van der Waals surface area (Å²) in [7, 11) is 0. The maximum atomic E-state index is 10.3. The van der Waals surface area contributed by atoms with Gasteiger partial charge in [-0.1, -0.05) is 25.2 Å². The fourth-order valence-corrected chi connectivity index (χ4v) is 5.90. The van der Waals surface area contributed by atoms with E-state index in [4.69, 9.17) is 14.9 Å². The van der Waals surface area contributed by atoms with Gasteiger partial charge in [0.05, 0.1) is 24.1 Å². The largest absolute Gasteiger partial charge is 0.447 e. The van der Waals surface area contributed by atoms with E-state index in [-0.39, 0.29) is 5.90 Å². The summed E-state index contributed by atoms with van der Waals surface area (Å²) in [6.07, 6.45) is 5.55. The molecular formula is C23H26N4O2. The summed E-state index contributed by atoms with van der Waals surface area (Å²) < 4.78 is 12.5. The van der Waals surface area contributed by atoms with Crippen molar-refractivity contribution in [2.75, 3.05) is 0 Å². The first kappa shape index (κ1) is 19.7. The van der Waals surface area contributed by atoms with Gasteiger partial charge in [-0.25, -0.2) is 0 Å². The summed E-state index contributed by atoms with van der Waals surface area (Å²) in [6.45, 7) is 8.16. The Bertz CT molecular complexity index is 918. The molecule has 6 heteroatoms. The highest BCUT2D eigenvalue weighted by Crippen LogP contribution is 2.67. The highest BCUT2D eigenvalue weighted by Gasteiger charge is 2.80. The van der Waals surface area contributed by atoms with Gasteiger partial charge in [0, 0.05) is 6.42 Å². The predicted molar refractivity (Wildman–Crippen MR) is 105 cm³/mol. The summed E-state index contributed by atoms with van der Waals surface area (Å²) in [5.41, 5.74) is -1.42. The van der Waals surface area contributed by atoms with Crippen LogP contribution in [0.3, 0.4) is 0 Å². The number of nitriles is 3. The third kappa shape index (κ3) is 2.32. The average molecular weight is 390 g/mol. The standard InChI is InChI=1S/C23H26N4O2/c1-14(2)16-4-6-17(7-5-16)19-21(11-24,12-25)22(13-26)18-10-15(3)8-9-23(18,28-19)29-20(22)27/h6,15-16,18-19,27H,1,4-5,7-10H2,2-3H3. The first-order chi connectivity index (χ1) is 13.8. The molecule has 0 amide bonds. The van der Waals surface area contributed by atoms with Crippen LogP contribution in [0, 0.1) is 68.0 Å². The van der Waals surface area contributed by atoms with Crippen LogP contribution < -0.4 is 0 Å². The van der Waals surface area contributed by atoms with E-state index in [1.807, 2.05) is 13.0 Å². The molecule has 4 aliphatic rings. The summed E-state index contributed by atoms with van der Waals surface area (Å²) in [6, 6.07) is 6.56. The summed E-state index contributed by atoms with van der Waals surface area (Å²) in [5, 5.41) is 39.5. The molecule has 6 unspecified atom stereocenters. The molecule has 2 heterocycles. The first-order valence-corrected chi connectivity index (χ1v) is 10.3. The molecule has 6 nitrogen and oxygen atoms in total. The molecule has 2 saturated heterocycles. The topological polar surface area (TPSA) is 114 Å². The Morgan fingerprint density at radius 2 is 1.97 bits per heavy atom. The highest BCUT2D eigenvalue weighted by atomic mass is 16.7. The van der Waals surface area contributed by atoms with Crippen molar-refractivity contribution in [3.05, 3.63) is 23.8 Å². The molecule has 1 saturated carbocycles. The van der Waals surface area contributed by atoms with Crippen LogP contribution in [0.5, 0.6) is 0 Å². The lowest BCUT2D eigenvalue weighted by Gasteiger charge is -2.53. The lowest BCUT2D eigenvalue weighted by atomic mass is 9.50. The van der Waals surface area contributed by atoms with Gasteiger partial charge in [-0.05, 0) is 56.4 Å². The molecule has 0 aromatic carbocycles. The van der Waals surface area contributed by atoms with Gasteiger partial charge in [0.1, 0.15) is 6.10 Å². The van der Waals surface area contributed by atoms with Crippen LogP contribution in [0.2, 0.25) is 0 Å². The molecule has 1 N–H and O–H groups in total. The van der Waals surface area contributed by atoms with Crippen molar-refractivity contribution in [3.63, 3.8) is 0 Å². The van der Waals surface area contributed by atoms with Gasteiger partial charge in [0.2, 0.25) is 17.1 Å². The van der Waals surface area contributed by atoms with E-state index < -0.39 is 28.6 Å². The lowest BCUT2D eigenvalue weighted by Crippen LogP contribution is -2.64. The van der Waals surface area contributed by atoms with E-state index in [1.165, 1.54) is 0 Å². The lowest BCUT2D eigenvalue weighted by molar-refractivity contribution is -0.287. The van der Waals surface area contributed by atoms with Gasteiger partial charge in [0.15, 0.2) is 5.41 Å². The van der Waals surface area contributed by atoms with E-state index in [0.29, 0.717) is 31.1 Å². The first-order valence-electron chi connectivity index (χ1n) is 10.3. The monoisotopic (exact) mass is 390 g/mol. The van der Waals surface area contributed by atoms with Crippen LogP contribution in [0.15, 0.2) is 23.8 Å². The number of hydrogen-bond donors (Lipinski definition) is 1. The highest BCUT2D eigenvalue weighted by molar-refractivity contribution is 5.89. The van der Waals surface area contributed by atoms with E-state index in [9.17, 15) is 15.8 Å². The molecular weight excluding hydrogens is 364 g/mol. The molecule has 3 fully saturated rings. The van der Waals surface area contributed by atoms with Crippen molar-refractivity contribution >= 4 is 5.90 Å². The summed E-state index contributed by atoms with van der Waals surface area (Å²) >= 11 is 0. The second kappa shape index (κ2) is 6.45. The van der Waals surface area contributed by atoms with Crippen molar-refractivity contribution in [2.45, 2.75) is 64.3 Å². The average Bonchev–Trinajstić information content (AvgIpc) is 2.92. The number of nitrogens with zero attached hydrogens (tertiary/aromatic N) is 3. The molecule has 0 spiro atoms. The zero-order valence-corrected chi connectivity index (χ0v) is 17.0. The maximum Gasteiger partial charge on any atom is 0.217 e. The second-order valence-corrected chi connectivity index (χ2v) is 9.22. The zero-order valence-electron chi connectivity index (χ0n) is 17.0. The van der Waals surface area contributed by atoms with Gasteiger partial charge in [0.25, 0.3) is 0 Å². The van der Waals surface area contributed by atoms with Gasteiger partial charge in [-0.3, -0.25) is 5.41 Å². The summed E-state index contributed by atoms with van der Waals surface area (Å²) in [5.74, 6) is -1.16. The Morgan fingerprint density at radius 3 is 2.52 bits per heavy atom. The van der Waals surface area contributed by atoms with E-state index in [1.54, 1.807) is 0 Å². The minimum atomic E-state index is -1.80. The number of ether oxygens (including phenoxy) is 2. The van der Waals surface area contributed by atoms with Crippen molar-refractivity contribution in [2.24, 2.45) is 28.6 Å². The molecule has 2 aliphatic carbocycles. The minimum Gasteiger partial charge on any atom is -0.447 e. The van der Waals surface area contributed by atoms with Crippen LogP contribution in [-0.2, 0) is 9.47 Å². The number of nitrogens with one attached hydrogen (secondary N) is 1. The van der Waals surface area contributed by atoms with Crippen LogP contribution in [-0.4, -0.2) is 17.8 Å². The van der Waals surface area contributed by atoms with Crippen LogP contribution in [0.25, 0.3) is 0 Å². The van der Waals surface area contributed by atoms with Gasteiger partial charge in [-0.15, -0.1) is 0 Å². The molecule has 4 rings (SSSR count). The van der Waals surface area contributed by atoms with E-state index >= 15 is 0 Å². The van der Waals surface area contributed by atoms with Crippen molar-refractivity contribution < 1.29 is 9.47 Å². The van der Waals surface area contributed by atoms with Crippen molar-refractivity contribution in [1.29, 1.82) is 21.2 Å². The Labute approximate surface area is 171 Å². The Balaban J connectivity index is 1.86. The minimum absolute atomic E-state index is 0.277. The van der Waals surface area contributed by atoms with E-state index in [0.717, 1.165) is 30.4 Å². The molecule has 0 aromatic rings. The number of rotatable bonds is 2. The van der Waals surface area contributed by atoms with E-state index in [2.05, 4.69) is 31.7 Å². The molecule has 6 atom stereocenters. The normalized spacial score (nSPS) is 42.3. The smallest absolute Gasteiger partial charge is 0.217 e. The summed E-state index contributed by atoms with van der Waals surface area (Å²) in [4.78, 5) is 0. The van der Waals surface area contributed by atoms with Gasteiger partial charge < -0.3 is 9.47 Å². The molecule has 0 aromatic heterocycles. The third-order valence-electron chi connectivity index (χ3n) is 7.65. The molecule has 150 valence electrons. The quantitative estimate of drug-likeness (QED) is 0.703. The Hall–Kier alpha value is -2.62. The molecule has 29 heavy (non-hydrogen) atoms. The maximum absolute atomic E-state index is 10.3. The third-order valence-corrected chi connectivity index (χ3v) is 7.65. The number of hydrogen-bond acceptors (Lipinski definition) is 6. The van der Waals surface area contributed by atoms with Crippen LogP contribution >= 0.6 is 0 Å². The van der Waals surface area contributed by atoms with Crippen molar-refractivity contribution in [3.8, 4) is 18.2 Å². The Kier molecular flexibility index (Phi) is 4.38. The van der Waals surface area contributed by atoms with Gasteiger partial charge in [-0.2, -0.15) is 15.8 Å². The molecule has 0 radical (unpaired) electrons. The second-order valence-electron chi connectivity index (χ2n) is 9.22. The molecule has 2 aliphatic heterocycles. The number of allylic oxidation sites excluding steroid dienone is 2.